The van der Waals surface area contributed by atoms with Crippen molar-refractivity contribution in [1.82, 2.24) is 0 Å². The van der Waals surface area contributed by atoms with E-state index in [1.54, 1.807) is 6.92 Å². The Labute approximate surface area is 97.2 Å². The maximum atomic E-state index is 11.3. The first-order valence-electron chi connectivity index (χ1n) is 4.17. The lowest BCUT2D eigenvalue weighted by Gasteiger charge is -2.25. The van der Waals surface area contributed by atoms with Crippen molar-refractivity contribution in [2.24, 2.45) is 0 Å². The highest BCUT2D eigenvalue weighted by atomic mass is 32.5. The number of nitro benzene ring substituents is 1. The summed E-state index contributed by atoms with van der Waals surface area (Å²) < 4.78 is 9.37. The molecule has 0 radical (unpaired) electrons. The molecule has 1 atom stereocenters. The van der Waals surface area contributed by atoms with Crippen molar-refractivity contribution >= 4 is 24.2 Å². The van der Waals surface area contributed by atoms with E-state index in [-0.39, 0.29) is 11.4 Å². The topological polar surface area (TPSA) is 84.7 Å². The van der Waals surface area contributed by atoms with Crippen LogP contribution in [0.4, 0.5) is 5.69 Å². The van der Waals surface area contributed by atoms with E-state index in [0.29, 0.717) is 5.56 Å². The summed E-state index contributed by atoms with van der Waals surface area (Å²) in [5.41, 5.74) is 0.359. The van der Waals surface area contributed by atoms with Crippen LogP contribution in [0.3, 0.4) is 0 Å². The van der Waals surface area contributed by atoms with Crippen molar-refractivity contribution in [2.75, 3.05) is 7.11 Å². The molecule has 1 aromatic rings. The number of hydrogen-bond acceptors (Lipinski definition) is 6. The smallest absolute Gasteiger partial charge is 0.272 e. The second-order valence-electron chi connectivity index (χ2n) is 2.93. The predicted molar refractivity (Wildman–Crippen MR) is 59.8 cm³/mol. The van der Waals surface area contributed by atoms with Crippen molar-refractivity contribution in [1.29, 1.82) is 0 Å². The quantitative estimate of drug-likeness (QED) is 0.464. The van der Waals surface area contributed by atoms with E-state index in [1.807, 2.05) is 0 Å². The van der Waals surface area contributed by atoms with Crippen molar-refractivity contribution < 1.29 is 18.9 Å². The molecule has 1 unspecified atom stereocenters. The van der Waals surface area contributed by atoms with Crippen molar-refractivity contribution in [3.8, 4) is 5.75 Å². The number of nitro groups is 1. The molecule has 0 spiro atoms. The Morgan fingerprint density at radius 1 is 1.50 bits per heavy atom. The van der Waals surface area contributed by atoms with E-state index in [4.69, 9.17) is 4.52 Å². The zero-order valence-electron chi connectivity index (χ0n) is 8.58. The molecular weight excluding hydrogens is 253 g/mol. The second kappa shape index (κ2) is 4.88. The fourth-order valence-electron chi connectivity index (χ4n) is 1.06. The minimum absolute atomic E-state index is 0.0380. The van der Waals surface area contributed by atoms with Gasteiger partial charge in [0.1, 0.15) is 5.75 Å². The van der Waals surface area contributed by atoms with Gasteiger partial charge in [0, 0.05) is 18.7 Å². The van der Waals surface area contributed by atoms with E-state index in [2.05, 4.69) is 16.3 Å². The minimum atomic E-state index is -3.54. The van der Waals surface area contributed by atoms with E-state index < -0.39 is 11.6 Å². The molecule has 0 amide bonds. The van der Waals surface area contributed by atoms with Gasteiger partial charge in [-0.15, -0.1) is 0 Å². The van der Waals surface area contributed by atoms with Crippen LogP contribution < -0.4 is 9.42 Å². The third kappa shape index (κ3) is 3.24. The van der Waals surface area contributed by atoms with Crippen LogP contribution in [0.25, 0.3) is 0 Å². The molecule has 0 aliphatic carbocycles. The van der Waals surface area contributed by atoms with Gasteiger partial charge in [0.05, 0.1) is 4.92 Å². The Hall–Kier alpha value is -1.01. The highest BCUT2D eigenvalue weighted by Crippen LogP contribution is 2.39. The zero-order valence-corrected chi connectivity index (χ0v) is 10.3. The number of rotatable bonds is 4. The minimum Gasteiger partial charge on any atom is -0.770 e. The molecule has 0 N–H and O–H groups in total. The van der Waals surface area contributed by atoms with Crippen LogP contribution in [0.2, 0.25) is 0 Å². The average molecular weight is 262 g/mol. The molecule has 0 aliphatic heterocycles. The Kier molecular flexibility index (Phi) is 3.98. The second-order valence-corrected chi connectivity index (χ2v) is 5.71. The Bertz CT molecular complexity index is 464. The fourth-order valence-corrected chi connectivity index (χ4v) is 1.76. The molecule has 0 saturated carbocycles. The molecule has 6 nitrogen and oxygen atoms in total. The van der Waals surface area contributed by atoms with Gasteiger partial charge in [-0.05, 0) is 30.9 Å². The van der Waals surface area contributed by atoms with E-state index in [9.17, 15) is 15.0 Å². The van der Waals surface area contributed by atoms with Crippen LogP contribution in [0.15, 0.2) is 18.2 Å². The number of nitrogens with zero attached hydrogens (tertiary/aromatic N) is 1. The first-order valence-corrected chi connectivity index (χ1v) is 6.73. The van der Waals surface area contributed by atoms with Gasteiger partial charge in [-0.3, -0.25) is 10.1 Å². The molecule has 88 valence electrons. The summed E-state index contributed by atoms with van der Waals surface area (Å²) in [6.45, 7) is -1.99. The van der Waals surface area contributed by atoms with Crippen molar-refractivity contribution in [2.45, 2.75) is 6.92 Å². The average Bonchev–Trinajstić information content (AvgIpc) is 2.16. The maximum Gasteiger partial charge on any atom is 0.272 e. The Morgan fingerprint density at radius 2 is 2.12 bits per heavy atom. The van der Waals surface area contributed by atoms with Crippen LogP contribution in [0.5, 0.6) is 5.75 Å². The van der Waals surface area contributed by atoms with Crippen molar-refractivity contribution in [3.63, 3.8) is 0 Å². The van der Waals surface area contributed by atoms with E-state index in [0.717, 1.165) is 0 Å². The molecule has 0 aromatic heterocycles. The number of hydrogen-bond donors (Lipinski definition) is 0. The summed E-state index contributed by atoms with van der Waals surface area (Å²) in [5, 5.41) is 10.5. The molecule has 1 aromatic carbocycles. The van der Waals surface area contributed by atoms with Gasteiger partial charge in [0.15, 0.2) is 6.72 Å². The predicted octanol–water partition coefficient (Wildman–Crippen LogP) is 1.51. The van der Waals surface area contributed by atoms with E-state index >= 15 is 0 Å². The van der Waals surface area contributed by atoms with Crippen molar-refractivity contribution in [3.05, 3.63) is 33.9 Å². The molecule has 8 heteroatoms. The monoisotopic (exact) mass is 262 g/mol. The Balaban J connectivity index is 2.98. The lowest BCUT2D eigenvalue weighted by molar-refractivity contribution is -0.385. The summed E-state index contributed by atoms with van der Waals surface area (Å²) in [6.07, 6.45) is 0. The van der Waals surface area contributed by atoms with Gasteiger partial charge in [-0.2, -0.15) is 0 Å². The highest BCUT2D eigenvalue weighted by Gasteiger charge is 2.12. The van der Waals surface area contributed by atoms with Gasteiger partial charge in [0.2, 0.25) is 0 Å². The lowest BCUT2D eigenvalue weighted by Crippen LogP contribution is -2.08. The summed E-state index contributed by atoms with van der Waals surface area (Å²) in [4.78, 5) is 21.3. The van der Waals surface area contributed by atoms with Crippen LogP contribution >= 0.6 is 6.72 Å². The third-order valence-electron chi connectivity index (χ3n) is 1.81. The number of benzene rings is 1. The van der Waals surface area contributed by atoms with Gasteiger partial charge >= 0.3 is 0 Å². The SMILES string of the molecule is COP([O-])(=S)Oc1ccc([N+](=O)[O-])c(C)c1. The first-order chi connectivity index (χ1) is 7.35. The molecule has 0 heterocycles. The fraction of sp³-hybridized carbons (Fsp3) is 0.250. The summed E-state index contributed by atoms with van der Waals surface area (Å²) >= 11 is 4.53. The maximum absolute atomic E-state index is 11.3. The van der Waals surface area contributed by atoms with Gasteiger partial charge < -0.3 is 13.9 Å². The van der Waals surface area contributed by atoms with Crippen LogP contribution in [0.1, 0.15) is 5.56 Å². The molecule has 1 rings (SSSR count). The molecule has 0 fully saturated rings. The number of aryl methyl sites for hydroxylation is 1. The van der Waals surface area contributed by atoms with Gasteiger partial charge in [-0.25, -0.2) is 0 Å². The van der Waals surface area contributed by atoms with Crippen LogP contribution in [-0.2, 0) is 16.3 Å². The summed E-state index contributed by atoms with van der Waals surface area (Å²) in [7, 11) is 1.17. The zero-order chi connectivity index (χ0) is 12.3. The van der Waals surface area contributed by atoms with Crippen LogP contribution in [-0.4, -0.2) is 12.0 Å². The van der Waals surface area contributed by atoms with Gasteiger partial charge in [0.25, 0.3) is 5.69 Å². The highest BCUT2D eigenvalue weighted by molar-refractivity contribution is 8.06. The summed E-state index contributed by atoms with van der Waals surface area (Å²) in [5.74, 6) is 0.184. The lowest BCUT2D eigenvalue weighted by atomic mass is 10.2. The third-order valence-corrected chi connectivity index (χ3v) is 3.36. The standard InChI is InChI=1S/C8H10NO5PS/c1-6-5-7(14-15(12,16)13-2)3-4-8(6)9(10)11/h3-5H,1-2H3,(H,12,16)/p-1. The first kappa shape index (κ1) is 13.1. The molecule has 0 saturated heterocycles. The molecule has 16 heavy (non-hydrogen) atoms. The normalized spacial score (nSPS) is 14.2. The molecule has 0 bridgehead atoms. The molecule has 0 aliphatic rings. The van der Waals surface area contributed by atoms with Gasteiger partial charge in [-0.1, -0.05) is 0 Å². The molecular formula is C8H9NO5PS-. The Morgan fingerprint density at radius 3 is 2.56 bits per heavy atom. The largest absolute Gasteiger partial charge is 0.770 e. The van der Waals surface area contributed by atoms with E-state index in [1.165, 1.54) is 25.3 Å². The summed E-state index contributed by atoms with van der Waals surface area (Å²) in [6, 6.07) is 3.97. The van der Waals surface area contributed by atoms with Crippen LogP contribution in [0, 0.1) is 17.0 Å².